The van der Waals surface area contributed by atoms with Gasteiger partial charge in [-0.1, -0.05) is 41.4 Å². The highest BCUT2D eigenvalue weighted by atomic mass is 35.5. The fraction of sp³-hybridized carbons (Fsp3) is 0.118. The summed E-state index contributed by atoms with van der Waals surface area (Å²) in [5.74, 6) is 1.10. The second-order valence-electron chi connectivity index (χ2n) is 4.57. The molecule has 0 heterocycles. The number of carbonyl (C=O) groups is 1. The number of carbonyl (C=O) groups excluding carboxylic acids is 1. The molecule has 0 bridgehead atoms. The van der Waals surface area contributed by atoms with Crippen molar-refractivity contribution in [1.29, 1.82) is 0 Å². The van der Waals surface area contributed by atoms with E-state index in [0.29, 0.717) is 21.5 Å². The van der Waals surface area contributed by atoms with Gasteiger partial charge in [0.15, 0.2) is 11.5 Å². The third-order valence-electron chi connectivity index (χ3n) is 2.99. The van der Waals surface area contributed by atoms with Gasteiger partial charge in [0.2, 0.25) is 5.24 Å². The number of ether oxygens (including phenoxy) is 2. The summed E-state index contributed by atoms with van der Waals surface area (Å²) in [7, 11) is 1.55. The largest absolute Gasteiger partial charge is 0.493 e. The van der Waals surface area contributed by atoms with Gasteiger partial charge in [0, 0.05) is 15.6 Å². The second-order valence-corrected chi connectivity index (χ2v) is 5.79. The van der Waals surface area contributed by atoms with Crippen LogP contribution in [0.4, 0.5) is 0 Å². The van der Waals surface area contributed by atoms with E-state index < -0.39 is 5.24 Å². The quantitative estimate of drug-likeness (QED) is 0.506. The molecule has 3 nitrogen and oxygen atoms in total. The molecule has 2 aromatic rings. The van der Waals surface area contributed by atoms with Gasteiger partial charge in [-0.15, -0.1) is 0 Å². The number of halogens is 3. The minimum atomic E-state index is -0.545. The van der Waals surface area contributed by atoms with Crippen LogP contribution in [0.3, 0.4) is 0 Å². The van der Waals surface area contributed by atoms with Crippen LogP contribution in [-0.2, 0) is 11.4 Å². The third-order valence-corrected chi connectivity index (χ3v) is 3.71. The van der Waals surface area contributed by atoms with Gasteiger partial charge in [0.05, 0.1) is 7.11 Å². The molecule has 2 aromatic carbocycles. The Hall–Kier alpha value is -1.68. The molecule has 0 saturated carbocycles. The number of benzene rings is 2. The van der Waals surface area contributed by atoms with Crippen LogP contribution in [0.1, 0.15) is 11.1 Å². The van der Waals surface area contributed by atoms with Crippen LogP contribution >= 0.6 is 34.8 Å². The molecule has 0 fully saturated rings. The van der Waals surface area contributed by atoms with Crippen molar-refractivity contribution in [3.05, 3.63) is 63.6 Å². The van der Waals surface area contributed by atoms with E-state index in [1.165, 1.54) is 6.08 Å². The van der Waals surface area contributed by atoms with Crippen molar-refractivity contribution in [3.63, 3.8) is 0 Å². The van der Waals surface area contributed by atoms with Gasteiger partial charge in [-0.05, 0) is 47.5 Å². The lowest BCUT2D eigenvalue weighted by Crippen LogP contribution is -1.99. The Bertz CT molecular complexity index is 742. The molecule has 0 radical (unpaired) electrons. The highest BCUT2D eigenvalue weighted by Gasteiger charge is 2.08. The zero-order valence-corrected chi connectivity index (χ0v) is 14.5. The molecule has 0 spiro atoms. The minimum Gasteiger partial charge on any atom is -0.493 e. The SMILES string of the molecule is COc1ccc(/C=C/C(=O)Cl)cc1OCc1ccc(Cl)cc1Cl. The Morgan fingerprint density at radius 1 is 1.13 bits per heavy atom. The van der Waals surface area contributed by atoms with Gasteiger partial charge in [-0.3, -0.25) is 4.79 Å². The Morgan fingerprint density at radius 2 is 1.91 bits per heavy atom. The van der Waals surface area contributed by atoms with E-state index in [1.807, 2.05) is 0 Å². The molecule has 0 aliphatic heterocycles. The summed E-state index contributed by atoms with van der Waals surface area (Å²) in [6.07, 6.45) is 2.86. The summed E-state index contributed by atoms with van der Waals surface area (Å²) in [5.41, 5.74) is 1.56. The molecule has 0 saturated heterocycles. The number of hydrogen-bond donors (Lipinski definition) is 0. The predicted octanol–water partition coefficient (Wildman–Crippen LogP) is 5.36. The van der Waals surface area contributed by atoms with Gasteiger partial charge in [-0.25, -0.2) is 0 Å². The monoisotopic (exact) mass is 370 g/mol. The molecule has 0 unspecified atom stereocenters. The zero-order chi connectivity index (χ0) is 16.8. The molecule has 6 heteroatoms. The highest BCUT2D eigenvalue weighted by Crippen LogP contribution is 2.30. The smallest absolute Gasteiger partial charge is 0.245 e. The molecule has 0 N–H and O–H groups in total. The normalized spacial score (nSPS) is 10.8. The molecular weight excluding hydrogens is 359 g/mol. The average molecular weight is 372 g/mol. The second kappa shape index (κ2) is 8.25. The lowest BCUT2D eigenvalue weighted by Gasteiger charge is -2.12. The Balaban J connectivity index is 2.20. The maximum Gasteiger partial charge on any atom is 0.245 e. The summed E-state index contributed by atoms with van der Waals surface area (Å²) >= 11 is 17.3. The van der Waals surface area contributed by atoms with Crippen molar-refractivity contribution < 1.29 is 14.3 Å². The van der Waals surface area contributed by atoms with E-state index in [-0.39, 0.29) is 6.61 Å². The lowest BCUT2D eigenvalue weighted by atomic mass is 10.2. The minimum absolute atomic E-state index is 0.258. The van der Waals surface area contributed by atoms with E-state index in [9.17, 15) is 4.79 Å². The van der Waals surface area contributed by atoms with Gasteiger partial charge in [0.25, 0.3) is 0 Å². The van der Waals surface area contributed by atoms with Gasteiger partial charge in [0.1, 0.15) is 6.61 Å². The summed E-state index contributed by atoms with van der Waals surface area (Å²) in [4.78, 5) is 10.8. The van der Waals surface area contributed by atoms with Crippen LogP contribution in [-0.4, -0.2) is 12.4 Å². The van der Waals surface area contributed by atoms with Gasteiger partial charge >= 0.3 is 0 Å². The first-order valence-electron chi connectivity index (χ1n) is 6.62. The maximum atomic E-state index is 10.8. The van der Waals surface area contributed by atoms with Crippen molar-refractivity contribution in [2.24, 2.45) is 0 Å². The van der Waals surface area contributed by atoms with Crippen LogP contribution in [0.2, 0.25) is 10.0 Å². The van der Waals surface area contributed by atoms with Crippen molar-refractivity contribution >= 4 is 46.1 Å². The van der Waals surface area contributed by atoms with E-state index in [1.54, 1.807) is 49.6 Å². The molecule has 0 aliphatic carbocycles. The van der Waals surface area contributed by atoms with Crippen LogP contribution in [0.5, 0.6) is 11.5 Å². The highest BCUT2D eigenvalue weighted by molar-refractivity contribution is 6.66. The first-order chi connectivity index (χ1) is 11.0. The Kier molecular flexibility index (Phi) is 6.34. The molecule has 0 atom stereocenters. The summed E-state index contributed by atoms with van der Waals surface area (Å²) in [6.45, 7) is 0.258. The number of methoxy groups -OCH3 is 1. The van der Waals surface area contributed by atoms with Crippen LogP contribution in [0, 0.1) is 0 Å². The summed E-state index contributed by atoms with van der Waals surface area (Å²) in [6, 6.07) is 10.5. The van der Waals surface area contributed by atoms with Crippen molar-refractivity contribution in [1.82, 2.24) is 0 Å². The van der Waals surface area contributed by atoms with Crippen LogP contribution in [0.15, 0.2) is 42.5 Å². The lowest BCUT2D eigenvalue weighted by molar-refractivity contribution is -0.107. The average Bonchev–Trinajstić information content (AvgIpc) is 2.52. The van der Waals surface area contributed by atoms with E-state index in [2.05, 4.69) is 0 Å². The van der Waals surface area contributed by atoms with E-state index in [4.69, 9.17) is 44.3 Å². The standard InChI is InChI=1S/C17H13Cl3O3/c1-22-15-6-2-11(3-7-17(20)21)8-16(15)23-10-12-4-5-13(18)9-14(12)19/h2-9H,10H2,1H3/b7-3+. The summed E-state index contributed by atoms with van der Waals surface area (Å²) in [5, 5.41) is 0.547. The van der Waals surface area contributed by atoms with Crippen molar-refractivity contribution in [2.75, 3.05) is 7.11 Å². The van der Waals surface area contributed by atoms with Crippen molar-refractivity contribution in [2.45, 2.75) is 6.61 Å². The molecule has 120 valence electrons. The molecule has 23 heavy (non-hydrogen) atoms. The van der Waals surface area contributed by atoms with E-state index >= 15 is 0 Å². The molecule has 0 amide bonds. The zero-order valence-electron chi connectivity index (χ0n) is 12.2. The number of allylic oxidation sites excluding steroid dienone is 1. The van der Waals surface area contributed by atoms with Crippen LogP contribution < -0.4 is 9.47 Å². The Morgan fingerprint density at radius 3 is 2.57 bits per heavy atom. The Labute approximate surface area is 149 Å². The molecule has 2 rings (SSSR count). The van der Waals surface area contributed by atoms with E-state index in [0.717, 1.165) is 11.1 Å². The van der Waals surface area contributed by atoms with Crippen LogP contribution in [0.25, 0.3) is 6.08 Å². The maximum absolute atomic E-state index is 10.8. The van der Waals surface area contributed by atoms with Crippen molar-refractivity contribution in [3.8, 4) is 11.5 Å². The predicted molar refractivity (Wildman–Crippen MR) is 93.7 cm³/mol. The topological polar surface area (TPSA) is 35.5 Å². The fourth-order valence-electron chi connectivity index (χ4n) is 1.87. The molecule has 0 aliphatic rings. The third kappa shape index (κ3) is 5.17. The number of rotatable bonds is 6. The molecule has 0 aromatic heterocycles. The molecular formula is C17H13Cl3O3. The number of hydrogen-bond acceptors (Lipinski definition) is 3. The first kappa shape index (κ1) is 17.7. The fourth-order valence-corrected chi connectivity index (χ4v) is 2.39. The summed E-state index contributed by atoms with van der Waals surface area (Å²) < 4.78 is 11.0. The van der Waals surface area contributed by atoms with Gasteiger partial charge in [-0.2, -0.15) is 0 Å². The first-order valence-corrected chi connectivity index (χ1v) is 7.75. The van der Waals surface area contributed by atoms with Gasteiger partial charge < -0.3 is 9.47 Å².